The Balaban J connectivity index is 2.41. The van der Waals surface area contributed by atoms with Gasteiger partial charge in [-0.3, -0.25) is 4.79 Å². The molecular formula is C15H9F2NO2. The molecule has 3 nitrogen and oxygen atoms in total. The molecule has 3 rings (SSSR count). The number of H-pyrrole nitrogens is 1. The number of phenolic OH excluding ortho intramolecular Hbond substituents is 1. The normalized spacial score (nSPS) is 10.9. The zero-order chi connectivity index (χ0) is 14.3. The van der Waals surface area contributed by atoms with E-state index in [2.05, 4.69) is 4.98 Å². The van der Waals surface area contributed by atoms with Gasteiger partial charge in [-0.2, -0.15) is 0 Å². The van der Waals surface area contributed by atoms with Crippen LogP contribution in [0.4, 0.5) is 8.78 Å². The number of hydrogen-bond acceptors (Lipinski definition) is 2. The van der Waals surface area contributed by atoms with Crippen molar-refractivity contribution in [1.82, 2.24) is 4.98 Å². The second-order valence-electron chi connectivity index (χ2n) is 4.35. The molecule has 0 atom stereocenters. The summed E-state index contributed by atoms with van der Waals surface area (Å²) in [6.07, 6.45) is 2.11. The van der Waals surface area contributed by atoms with E-state index in [0.717, 1.165) is 6.07 Å². The minimum Gasteiger partial charge on any atom is -0.507 e. The van der Waals surface area contributed by atoms with E-state index in [1.807, 2.05) is 0 Å². The first-order valence-electron chi connectivity index (χ1n) is 5.86. The number of aromatic amines is 1. The van der Waals surface area contributed by atoms with Gasteiger partial charge in [-0.05, 0) is 18.2 Å². The molecule has 0 amide bonds. The number of carbonyl (C=O) groups is 1. The topological polar surface area (TPSA) is 53.1 Å². The Labute approximate surface area is 112 Å². The Bertz CT molecular complexity index is 824. The molecule has 0 aliphatic heterocycles. The Kier molecular flexibility index (Phi) is 2.75. The zero-order valence-corrected chi connectivity index (χ0v) is 10.2. The first kappa shape index (κ1) is 12.3. The molecule has 0 saturated carbocycles. The van der Waals surface area contributed by atoms with E-state index in [-0.39, 0.29) is 16.9 Å². The highest BCUT2D eigenvalue weighted by Crippen LogP contribution is 2.38. The van der Waals surface area contributed by atoms with Crippen molar-refractivity contribution in [1.29, 1.82) is 0 Å². The molecule has 0 aliphatic carbocycles. The molecule has 1 heterocycles. The van der Waals surface area contributed by atoms with Crippen molar-refractivity contribution in [3.63, 3.8) is 0 Å². The quantitative estimate of drug-likeness (QED) is 0.700. The van der Waals surface area contributed by atoms with E-state index in [9.17, 15) is 18.7 Å². The fraction of sp³-hybridized carbons (Fsp3) is 0. The lowest BCUT2D eigenvalue weighted by Crippen LogP contribution is -1.91. The fourth-order valence-corrected chi connectivity index (χ4v) is 2.28. The van der Waals surface area contributed by atoms with Crippen LogP contribution in [0.5, 0.6) is 5.75 Å². The summed E-state index contributed by atoms with van der Waals surface area (Å²) in [5.74, 6) is -2.24. The number of aromatic nitrogens is 1. The number of halogens is 2. The van der Waals surface area contributed by atoms with Crippen LogP contribution in [-0.4, -0.2) is 16.4 Å². The number of fused-ring (bicyclic) bond motifs is 1. The molecule has 0 spiro atoms. The minimum atomic E-state index is -1.04. The van der Waals surface area contributed by atoms with Gasteiger partial charge in [0, 0.05) is 22.7 Å². The number of phenols is 1. The van der Waals surface area contributed by atoms with E-state index in [1.165, 1.54) is 24.4 Å². The molecule has 1 aromatic heterocycles. The summed E-state index contributed by atoms with van der Waals surface area (Å²) in [5, 5.41) is 10.5. The third-order valence-corrected chi connectivity index (χ3v) is 3.21. The smallest absolute Gasteiger partial charge is 0.166 e. The summed E-state index contributed by atoms with van der Waals surface area (Å²) in [5.41, 5.74) is 0.842. The van der Waals surface area contributed by atoms with Crippen LogP contribution in [0.15, 0.2) is 36.5 Å². The molecule has 2 N–H and O–H groups in total. The van der Waals surface area contributed by atoms with E-state index >= 15 is 0 Å². The third kappa shape index (κ3) is 1.67. The van der Waals surface area contributed by atoms with Crippen molar-refractivity contribution in [2.24, 2.45) is 0 Å². The van der Waals surface area contributed by atoms with Gasteiger partial charge in [0.2, 0.25) is 0 Å². The molecule has 0 bridgehead atoms. The highest BCUT2D eigenvalue weighted by Gasteiger charge is 2.18. The molecule has 100 valence electrons. The number of aromatic hydroxyl groups is 1. The van der Waals surface area contributed by atoms with Crippen LogP contribution in [0.2, 0.25) is 0 Å². The number of aldehydes is 1. The summed E-state index contributed by atoms with van der Waals surface area (Å²) in [7, 11) is 0. The average Bonchev–Trinajstić information content (AvgIpc) is 2.85. The van der Waals surface area contributed by atoms with Gasteiger partial charge in [-0.25, -0.2) is 8.78 Å². The lowest BCUT2D eigenvalue weighted by atomic mass is 10.00. The van der Waals surface area contributed by atoms with Crippen molar-refractivity contribution in [2.45, 2.75) is 0 Å². The zero-order valence-electron chi connectivity index (χ0n) is 10.2. The van der Waals surface area contributed by atoms with Gasteiger partial charge in [0.1, 0.15) is 5.75 Å². The maximum Gasteiger partial charge on any atom is 0.166 e. The highest BCUT2D eigenvalue weighted by molar-refractivity contribution is 6.05. The van der Waals surface area contributed by atoms with Crippen molar-refractivity contribution in [3.8, 4) is 16.9 Å². The SMILES string of the molecule is O=Cc1c[nH]c2c(-c3cccc(F)c3F)c(O)ccc12. The predicted octanol–water partition coefficient (Wildman–Crippen LogP) is 3.63. The number of carbonyl (C=O) groups excluding carboxylic acids is 1. The molecule has 0 fully saturated rings. The lowest BCUT2D eigenvalue weighted by Gasteiger charge is -2.08. The van der Waals surface area contributed by atoms with Crippen LogP contribution in [-0.2, 0) is 0 Å². The van der Waals surface area contributed by atoms with Gasteiger partial charge >= 0.3 is 0 Å². The molecule has 2 aromatic carbocycles. The maximum atomic E-state index is 13.9. The standard InChI is InChI=1S/C15H9F2NO2/c16-11-3-1-2-10(14(11)17)13-12(20)5-4-9-8(7-19)6-18-15(9)13/h1-7,18,20H. The maximum absolute atomic E-state index is 13.9. The first-order chi connectivity index (χ1) is 9.63. The summed E-state index contributed by atoms with van der Waals surface area (Å²) < 4.78 is 27.3. The van der Waals surface area contributed by atoms with Gasteiger partial charge < -0.3 is 10.1 Å². The van der Waals surface area contributed by atoms with E-state index in [1.54, 1.807) is 6.07 Å². The second kappa shape index (κ2) is 4.45. The molecule has 5 heteroatoms. The van der Waals surface area contributed by atoms with Gasteiger partial charge in [-0.1, -0.05) is 12.1 Å². The van der Waals surface area contributed by atoms with Crippen LogP contribution in [0.3, 0.4) is 0 Å². The van der Waals surface area contributed by atoms with E-state index in [0.29, 0.717) is 22.8 Å². The van der Waals surface area contributed by atoms with Crippen LogP contribution in [0, 0.1) is 11.6 Å². The fourth-order valence-electron chi connectivity index (χ4n) is 2.28. The number of rotatable bonds is 2. The van der Waals surface area contributed by atoms with E-state index in [4.69, 9.17) is 0 Å². The van der Waals surface area contributed by atoms with Gasteiger partial charge in [0.05, 0.1) is 11.1 Å². The Morgan fingerprint density at radius 1 is 1.15 bits per heavy atom. The summed E-state index contributed by atoms with van der Waals surface area (Å²) >= 11 is 0. The molecular weight excluding hydrogens is 264 g/mol. The van der Waals surface area contributed by atoms with Crippen LogP contribution >= 0.6 is 0 Å². The highest BCUT2D eigenvalue weighted by atomic mass is 19.2. The molecule has 0 unspecified atom stereocenters. The molecule has 0 aliphatic rings. The van der Waals surface area contributed by atoms with Crippen LogP contribution < -0.4 is 0 Å². The average molecular weight is 273 g/mol. The third-order valence-electron chi connectivity index (χ3n) is 3.21. The largest absolute Gasteiger partial charge is 0.507 e. The molecule has 20 heavy (non-hydrogen) atoms. The van der Waals surface area contributed by atoms with Crippen molar-refractivity contribution >= 4 is 17.2 Å². The minimum absolute atomic E-state index is 0.0626. The monoisotopic (exact) mass is 273 g/mol. The first-order valence-corrected chi connectivity index (χ1v) is 5.86. The van der Waals surface area contributed by atoms with Crippen molar-refractivity contribution < 1.29 is 18.7 Å². The van der Waals surface area contributed by atoms with Crippen LogP contribution in [0.1, 0.15) is 10.4 Å². The Morgan fingerprint density at radius 3 is 2.70 bits per heavy atom. The Hall–Kier alpha value is -2.69. The number of nitrogens with one attached hydrogen (secondary N) is 1. The second-order valence-corrected chi connectivity index (χ2v) is 4.35. The van der Waals surface area contributed by atoms with Gasteiger partial charge in [0.25, 0.3) is 0 Å². The van der Waals surface area contributed by atoms with Crippen molar-refractivity contribution in [3.05, 3.63) is 53.7 Å². The summed E-state index contributed by atoms with van der Waals surface area (Å²) in [4.78, 5) is 13.7. The molecule has 3 aromatic rings. The van der Waals surface area contributed by atoms with Gasteiger partial charge in [0.15, 0.2) is 17.9 Å². The lowest BCUT2D eigenvalue weighted by molar-refractivity contribution is 0.112. The number of hydrogen-bond donors (Lipinski definition) is 2. The predicted molar refractivity (Wildman–Crippen MR) is 70.7 cm³/mol. The van der Waals surface area contributed by atoms with Crippen molar-refractivity contribution in [2.75, 3.05) is 0 Å². The number of benzene rings is 2. The molecule has 0 saturated heterocycles. The van der Waals surface area contributed by atoms with E-state index < -0.39 is 11.6 Å². The summed E-state index contributed by atoms with van der Waals surface area (Å²) in [6, 6.07) is 6.62. The van der Waals surface area contributed by atoms with Gasteiger partial charge in [-0.15, -0.1) is 0 Å². The van der Waals surface area contributed by atoms with Crippen LogP contribution in [0.25, 0.3) is 22.0 Å². The molecule has 0 radical (unpaired) electrons. The summed E-state index contributed by atoms with van der Waals surface area (Å²) in [6.45, 7) is 0. The Morgan fingerprint density at radius 2 is 1.95 bits per heavy atom.